The fourth-order valence-corrected chi connectivity index (χ4v) is 10.9. The van der Waals surface area contributed by atoms with Gasteiger partial charge >= 0.3 is 0 Å². The van der Waals surface area contributed by atoms with E-state index in [9.17, 15) is 47.9 Å². The van der Waals surface area contributed by atoms with E-state index < -0.39 is 100.0 Å². The molecule has 0 radical (unpaired) electrons. The van der Waals surface area contributed by atoms with Crippen LogP contribution >= 0.6 is 0 Å². The molecule has 1 aromatic heterocycles. The second kappa shape index (κ2) is 29.9. The van der Waals surface area contributed by atoms with Gasteiger partial charge in [-0.15, -0.1) is 0 Å². The fraction of sp³-hybridized carbons (Fsp3) is 0.780. The molecule has 4 unspecified atom stereocenters. The van der Waals surface area contributed by atoms with E-state index in [-0.39, 0.29) is 73.0 Å². The minimum absolute atomic E-state index is 0.0474. The zero-order valence-electron chi connectivity index (χ0n) is 51.8. The normalized spacial score (nSPS) is 18.1. The zero-order chi connectivity index (χ0) is 61.5. The number of likely N-dealkylation sites (tertiary alicyclic amines) is 1. The van der Waals surface area contributed by atoms with E-state index in [1.54, 1.807) is 6.92 Å². The Kier molecular flexibility index (Phi) is 24.9. The first-order valence-corrected chi connectivity index (χ1v) is 29.8. The SMILES string of the molecule is Cc1nc(C(=O)N2CCC[C@H]2C(=O)NC(CC2CCCCC2)C(=O)NC(CC(C)C)C(=O)NC(C)(C)C(=O)NC(CC(C)C)C(=O)NC(CC(C)C)C(=O)NC(C)(C)C(=O)NC(C)(C)C(=O)NCCC(=O)NC2(CN(C)C)CCC2)co1. The van der Waals surface area contributed by atoms with E-state index in [2.05, 4.69) is 52.8 Å². The Morgan fingerprint density at radius 1 is 0.634 bits per heavy atom. The van der Waals surface area contributed by atoms with E-state index in [4.69, 9.17) is 4.42 Å². The standard InChI is InChI=1S/C59H100N12O11/c1-35(2)29-40(47(73)62-42(31-37(5)6)50(76)68-58(12,13)55(81)69-56(8,9)53(79)60-27-24-46(72)66-59(25-20-26-59)34-70(14)15)65-54(80)57(10,11)67-49(75)41(30-36(3)4)63-48(74)43(32-39-21-17-16-18-22-39)64-51(77)45-23-19-28-71(45)52(78)44-33-82-38(7)61-44/h33,35-37,39-43,45H,16-32,34H2,1-15H3,(H,60,79)(H,62,73)(H,63,74)(H,64,77)(H,65,80)(H,66,72)(H,67,75)(H,68,76)(H,69,81)/t40?,41?,42?,43?,45-/m0/s1. The van der Waals surface area contributed by atoms with Crippen molar-refractivity contribution in [2.45, 2.75) is 239 Å². The smallest absolute Gasteiger partial charge is 0.276 e. The number of amides is 10. The van der Waals surface area contributed by atoms with Crippen LogP contribution in [-0.2, 0) is 43.2 Å². The molecular formula is C59H100N12O11. The van der Waals surface area contributed by atoms with Crippen LogP contribution in [0.15, 0.2) is 10.7 Å². The van der Waals surface area contributed by atoms with Gasteiger partial charge in [-0.3, -0.25) is 47.9 Å². The van der Waals surface area contributed by atoms with Crippen molar-refractivity contribution in [3.8, 4) is 0 Å². The minimum Gasteiger partial charge on any atom is -0.448 e. The maximum Gasteiger partial charge on any atom is 0.276 e. The van der Waals surface area contributed by atoms with Crippen molar-refractivity contribution in [2.75, 3.05) is 33.7 Å². The molecule has 3 fully saturated rings. The van der Waals surface area contributed by atoms with Crippen LogP contribution in [0.3, 0.4) is 0 Å². The largest absolute Gasteiger partial charge is 0.448 e. The summed E-state index contributed by atoms with van der Waals surface area (Å²) >= 11 is 0. The lowest BCUT2D eigenvalue weighted by Crippen LogP contribution is -2.65. The molecule has 3 aliphatic rings. The number of aryl methyl sites for hydroxylation is 1. The lowest BCUT2D eigenvalue weighted by molar-refractivity contribution is -0.139. The van der Waals surface area contributed by atoms with Crippen LogP contribution in [0.4, 0.5) is 0 Å². The van der Waals surface area contributed by atoms with Crippen LogP contribution in [0.25, 0.3) is 0 Å². The van der Waals surface area contributed by atoms with Crippen molar-refractivity contribution in [1.29, 1.82) is 0 Å². The molecule has 5 atom stereocenters. The molecular weight excluding hydrogens is 1050 g/mol. The number of hydrogen-bond donors (Lipinski definition) is 9. The first-order chi connectivity index (χ1) is 38.1. The Hall–Kier alpha value is -6.13. The van der Waals surface area contributed by atoms with Crippen LogP contribution in [0.5, 0.6) is 0 Å². The summed E-state index contributed by atoms with van der Waals surface area (Å²) in [7, 11) is 3.91. The van der Waals surface area contributed by atoms with Gasteiger partial charge in [0, 0.05) is 33.0 Å². The van der Waals surface area contributed by atoms with Crippen molar-refractivity contribution in [3.63, 3.8) is 0 Å². The maximum absolute atomic E-state index is 14.4. The van der Waals surface area contributed by atoms with Crippen LogP contribution in [0.2, 0.25) is 0 Å². The lowest BCUT2D eigenvalue weighted by Gasteiger charge is -2.44. The summed E-state index contributed by atoms with van der Waals surface area (Å²) < 4.78 is 5.25. The molecule has 2 heterocycles. The second-order valence-corrected chi connectivity index (χ2v) is 26.5. The molecule has 1 aromatic rings. The van der Waals surface area contributed by atoms with E-state index in [1.807, 2.05) is 60.5 Å². The van der Waals surface area contributed by atoms with Gasteiger partial charge in [0.2, 0.25) is 53.2 Å². The van der Waals surface area contributed by atoms with Crippen molar-refractivity contribution >= 4 is 59.1 Å². The van der Waals surface area contributed by atoms with E-state index in [0.29, 0.717) is 31.7 Å². The van der Waals surface area contributed by atoms with Crippen LogP contribution in [0, 0.1) is 30.6 Å². The van der Waals surface area contributed by atoms with Gasteiger partial charge in [0.05, 0.1) is 5.54 Å². The highest BCUT2D eigenvalue weighted by atomic mass is 16.3. The quantitative estimate of drug-likeness (QED) is 0.0534. The highest BCUT2D eigenvalue weighted by Crippen LogP contribution is 2.32. The van der Waals surface area contributed by atoms with Crippen molar-refractivity contribution < 1.29 is 52.4 Å². The van der Waals surface area contributed by atoms with Gasteiger partial charge in [-0.25, -0.2) is 4.98 Å². The number of nitrogens with zero attached hydrogens (tertiary/aromatic N) is 3. The predicted octanol–water partition coefficient (Wildman–Crippen LogP) is 3.43. The third-order valence-electron chi connectivity index (χ3n) is 15.6. The number of carbonyl (C=O) groups is 10. The number of carbonyl (C=O) groups excluding carboxylic acids is 10. The summed E-state index contributed by atoms with van der Waals surface area (Å²) in [5, 5.41) is 25.5. The van der Waals surface area contributed by atoms with Gasteiger partial charge in [0.1, 0.15) is 53.1 Å². The Morgan fingerprint density at radius 2 is 1.15 bits per heavy atom. The topological polar surface area (TPSA) is 311 Å². The summed E-state index contributed by atoms with van der Waals surface area (Å²) in [6.45, 7) is 22.9. The molecule has 0 spiro atoms. The number of likely N-dealkylation sites (N-methyl/N-ethyl adjacent to an activating group) is 1. The van der Waals surface area contributed by atoms with Gasteiger partial charge in [-0.1, -0.05) is 73.6 Å². The van der Waals surface area contributed by atoms with Gasteiger partial charge in [-0.2, -0.15) is 0 Å². The molecule has 82 heavy (non-hydrogen) atoms. The molecule has 10 amide bonds. The van der Waals surface area contributed by atoms with Gasteiger partial charge < -0.3 is 62.1 Å². The Bertz CT molecular complexity index is 2410. The number of nitrogens with one attached hydrogen (secondary N) is 9. The molecule has 9 N–H and O–H groups in total. The van der Waals surface area contributed by atoms with Crippen molar-refractivity contribution in [2.24, 2.45) is 23.7 Å². The van der Waals surface area contributed by atoms with Crippen molar-refractivity contribution in [1.82, 2.24) is 62.6 Å². The minimum atomic E-state index is -1.64. The fourth-order valence-electron chi connectivity index (χ4n) is 10.9. The van der Waals surface area contributed by atoms with Crippen molar-refractivity contribution in [3.05, 3.63) is 17.8 Å². The molecule has 1 saturated heterocycles. The van der Waals surface area contributed by atoms with Gasteiger partial charge in [0.25, 0.3) is 5.91 Å². The molecule has 2 saturated carbocycles. The number of aromatic nitrogens is 1. The van der Waals surface area contributed by atoms with Crippen LogP contribution < -0.4 is 47.9 Å². The zero-order valence-corrected chi connectivity index (χ0v) is 51.8. The number of oxazole rings is 1. The molecule has 4 rings (SSSR count). The van der Waals surface area contributed by atoms with Crippen LogP contribution in [-0.4, -0.2) is 160 Å². The van der Waals surface area contributed by atoms with Crippen LogP contribution in [0.1, 0.15) is 196 Å². The molecule has 1 aliphatic heterocycles. The summed E-state index contributed by atoms with van der Waals surface area (Å²) in [5.74, 6) is -5.49. The third kappa shape index (κ3) is 20.6. The summed E-state index contributed by atoms with van der Waals surface area (Å²) in [4.78, 5) is 146. The number of rotatable bonds is 30. The highest BCUT2D eigenvalue weighted by Gasteiger charge is 2.43. The molecule has 0 bridgehead atoms. The van der Waals surface area contributed by atoms with E-state index >= 15 is 0 Å². The predicted molar refractivity (Wildman–Crippen MR) is 310 cm³/mol. The molecule has 462 valence electrons. The maximum atomic E-state index is 14.4. The Balaban J connectivity index is 1.41. The first-order valence-electron chi connectivity index (χ1n) is 29.8. The van der Waals surface area contributed by atoms with Gasteiger partial charge in [0.15, 0.2) is 11.6 Å². The third-order valence-corrected chi connectivity index (χ3v) is 15.6. The van der Waals surface area contributed by atoms with Gasteiger partial charge in [-0.05, 0) is 137 Å². The Morgan fingerprint density at radius 3 is 1.63 bits per heavy atom. The molecule has 0 aromatic carbocycles. The highest BCUT2D eigenvalue weighted by molar-refractivity contribution is 6.00. The Labute approximate surface area is 486 Å². The summed E-state index contributed by atoms with van der Waals surface area (Å²) in [6, 6.07) is -5.33. The van der Waals surface area contributed by atoms with E-state index in [0.717, 1.165) is 57.9 Å². The molecule has 23 nitrogen and oxygen atoms in total. The average Bonchev–Trinajstić information content (AvgIpc) is 4.10. The summed E-state index contributed by atoms with van der Waals surface area (Å²) in [5.41, 5.74) is -4.85. The van der Waals surface area contributed by atoms with E-state index in [1.165, 1.54) is 52.7 Å². The molecule has 23 heteroatoms. The average molecular weight is 1150 g/mol. The molecule has 2 aliphatic carbocycles. The number of hydrogen-bond acceptors (Lipinski definition) is 13. The monoisotopic (exact) mass is 1150 g/mol. The summed E-state index contributed by atoms with van der Waals surface area (Å²) in [6.07, 6.45) is 10.7. The second-order valence-electron chi connectivity index (χ2n) is 26.5. The first kappa shape index (κ1) is 68.4. The lowest BCUT2D eigenvalue weighted by atomic mass is 9.76.